The fraction of sp³-hybridized carbons (Fsp3) is 0.429. The van der Waals surface area contributed by atoms with Crippen LogP contribution >= 0.6 is 0 Å². The molecule has 0 fully saturated rings. The first-order chi connectivity index (χ1) is 14.6. The standard InChI is InChI=1S/C21H27N5O5/c1-12(2)9-25(17-18(22)26(10-13(3)4)20(29)23-19(17)28)16(27)11-24-14-7-5-6-8-15(14)31-21(24)30/h5-8,12-13H,9-11,22H2,1-4H3,(H,23,28,29). The zero-order valence-corrected chi connectivity index (χ0v) is 18.0. The zero-order chi connectivity index (χ0) is 22.9. The number of amides is 1. The van der Waals surface area contributed by atoms with Crippen molar-refractivity contribution in [2.75, 3.05) is 17.2 Å². The number of para-hydroxylation sites is 2. The van der Waals surface area contributed by atoms with Gasteiger partial charge in [-0.15, -0.1) is 0 Å². The number of nitrogens with two attached hydrogens (primary N) is 1. The van der Waals surface area contributed by atoms with E-state index in [0.29, 0.717) is 11.1 Å². The van der Waals surface area contributed by atoms with E-state index in [1.165, 1.54) is 14.0 Å². The molecule has 3 rings (SSSR count). The average Bonchev–Trinajstić information content (AvgIpc) is 2.99. The fourth-order valence-corrected chi connectivity index (χ4v) is 3.45. The third-order valence-electron chi connectivity index (χ3n) is 4.75. The van der Waals surface area contributed by atoms with Gasteiger partial charge in [-0.3, -0.25) is 23.7 Å². The summed E-state index contributed by atoms with van der Waals surface area (Å²) in [6, 6.07) is 6.76. The van der Waals surface area contributed by atoms with Crippen molar-refractivity contribution >= 4 is 28.5 Å². The Morgan fingerprint density at radius 1 is 1.10 bits per heavy atom. The molecule has 10 heteroatoms. The maximum absolute atomic E-state index is 13.3. The molecule has 0 bridgehead atoms. The average molecular weight is 429 g/mol. The summed E-state index contributed by atoms with van der Waals surface area (Å²) >= 11 is 0. The van der Waals surface area contributed by atoms with Crippen LogP contribution in [0, 0.1) is 11.8 Å². The highest BCUT2D eigenvalue weighted by Crippen LogP contribution is 2.20. The second-order valence-corrected chi connectivity index (χ2v) is 8.32. The van der Waals surface area contributed by atoms with E-state index >= 15 is 0 Å². The van der Waals surface area contributed by atoms with Gasteiger partial charge in [0.15, 0.2) is 11.3 Å². The van der Waals surface area contributed by atoms with Gasteiger partial charge < -0.3 is 15.1 Å². The van der Waals surface area contributed by atoms with Crippen molar-refractivity contribution in [2.24, 2.45) is 11.8 Å². The van der Waals surface area contributed by atoms with Crippen molar-refractivity contribution in [1.82, 2.24) is 14.1 Å². The van der Waals surface area contributed by atoms with Gasteiger partial charge in [0, 0.05) is 13.1 Å². The van der Waals surface area contributed by atoms with Crippen LogP contribution in [-0.2, 0) is 17.9 Å². The van der Waals surface area contributed by atoms with E-state index in [4.69, 9.17) is 10.2 Å². The maximum Gasteiger partial charge on any atom is 0.420 e. The second-order valence-electron chi connectivity index (χ2n) is 8.32. The topological polar surface area (TPSA) is 136 Å². The summed E-state index contributed by atoms with van der Waals surface area (Å²) in [6.45, 7) is 7.70. The van der Waals surface area contributed by atoms with Gasteiger partial charge in [-0.05, 0) is 24.0 Å². The quantitative estimate of drug-likeness (QED) is 0.582. The van der Waals surface area contributed by atoms with Gasteiger partial charge in [0.1, 0.15) is 12.4 Å². The Hall–Kier alpha value is -3.56. The van der Waals surface area contributed by atoms with Gasteiger partial charge in [-0.1, -0.05) is 39.8 Å². The Balaban J connectivity index is 2.09. The fourth-order valence-electron chi connectivity index (χ4n) is 3.45. The first-order valence-electron chi connectivity index (χ1n) is 10.1. The lowest BCUT2D eigenvalue weighted by Gasteiger charge is -2.26. The molecule has 2 aromatic heterocycles. The summed E-state index contributed by atoms with van der Waals surface area (Å²) in [4.78, 5) is 54.0. The molecule has 166 valence electrons. The molecule has 0 radical (unpaired) electrons. The molecule has 0 atom stereocenters. The number of hydrogen-bond donors (Lipinski definition) is 2. The van der Waals surface area contributed by atoms with Gasteiger partial charge >= 0.3 is 11.4 Å². The number of carbonyl (C=O) groups excluding carboxylic acids is 1. The predicted molar refractivity (Wildman–Crippen MR) is 118 cm³/mol. The van der Waals surface area contributed by atoms with E-state index in [0.717, 1.165) is 0 Å². The number of anilines is 2. The molecule has 31 heavy (non-hydrogen) atoms. The minimum Gasteiger partial charge on any atom is -0.408 e. The van der Waals surface area contributed by atoms with Crippen LogP contribution < -0.4 is 27.6 Å². The lowest BCUT2D eigenvalue weighted by Crippen LogP contribution is -2.44. The van der Waals surface area contributed by atoms with Gasteiger partial charge in [-0.2, -0.15) is 0 Å². The number of fused-ring (bicyclic) bond motifs is 1. The molecule has 3 N–H and O–H groups in total. The summed E-state index contributed by atoms with van der Waals surface area (Å²) in [6.07, 6.45) is 0. The molecule has 0 spiro atoms. The first kappa shape index (κ1) is 22.1. The number of nitrogens with zero attached hydrogens (tertiary/aromatic N) is 3. The summed E-state index contributed by atoms with van der Waals surface area (Å²) in [5.74, 6) is -1.20. The minimum absolute atomic E-state index is 0.00829. The van der Waals surface area contributed by atoms with E-state index in [9.17, 15) is 19.2 Å². The molecule has 0 saturated carbocycles. The number of nitrogens with one attached hydrogen (secondary N) is 1. The Morgan fingerprint density at radius 2 is 1.77 bits per heavy atom. The van der Waals surface area contributed by atoms with Crippen molar-refractivity contribution < 1.29 is 9.21 Å². The highest BCUT2D eigenvalue weighted by Gasteiger charge is 2.26. The van der Waals surface area contributed by atoms with Crippen molar-refractivity contribution in [1.29, 1.82) is 0 Å². The van der Waals surface area contributed by atoms with Crippen LogP contribution in [0.25, 0.3) is 11.1 Å². The number of aromatic amines is 1. The van der Waals surface area contributed by atoms with Crippen molar-refractivity contribution in [3.05, 3.63) is 55.7 Å². The normalized spacial score (nSPS) is 11.5. The predicted octanol–water partition coefficient (Wildman–Crippen LogP) is 1.37. The summed E-state index contributed by atoms with van der Waals surface area (Å²) < 4.78 is 7.65. The number of benzene rings is 1. The number of aromatic nitrogens is 3. The van der Waals surface area contributed by atoms with Crippen LogP contribution in [0.2, 0.25) is 0 Å². The molecular formula is C21H27N5O5. The Morgan fingerprint density at radius 3 is 2.42 bits per heavy atom. The smallest absolute Gasteiger partial charge is 0.408 e. The molecule has 1 aromatic carbocycles. The third kappa shape index (κ3) is 4.47. The van der Waals surface area contributed by atoms with Crippen molar-refractivity contribution in [3.8, 4) is 0 Å². The Kier molecular flexibility index (Phi) is 6.19. The molecule has 2 heterocycles. The molecule has 0 unspecified atom stereocenters. The second kappa shape index (κ2) is 8.66. The number of oxazole rings is 1. The third-order valence-corrected chi connectivity index (χ3v) is 4.75. The molecule has 0 aliphatic carbocycles. The Labute approximate surface area is 177 Å². The van der Waals surface area contributed by atoms with Gasteiger partial charge in [-0.25, -0.2) is 9.59 Å². The van der Waals surface area contributed by atoms with Crippen LogP contribution in [-0.4, -0.2) is 26.6 Å². The monoisotopic (exact) mass is 429 g/mol. The van der Waals surface area contributed by atoms with Crippen LogP contribution in [0.15, 0.2) is 43.1 Å². The zero-order valence-electron chi connectivity index (χ0n) is 18.0. The first-order valence-corrected chi connectivity index (χ1v) is 10.1. The maximum atomic E-state index is 13.3. The summed E-state index contributed by atoms with van der Waals surface area (Å²) in [5, 5.41) is 0. The minimum atomic E-state index is -0.749. The van der Waals surface area contributed by atoms with Gasteiger partial charge in [0.05, 0.1) is 5.52 Å². The lowest BCUT2D eigenvalue weighted by molar-refractivity contribution is -0.119. The molecule has 3 aromatic rings. The van der Waals surface area contributed by atoms with Crippen LogP contribution in [0.3, 0.4) is 0 Å². The number of H-pyrrole nitrogens is 1. The van der Waals surface area contributed by atoms with Gasteiger partial charge in [0.25, 0.3) is 5.56 Å². The van der Waals surface area contributed by atoms with E-state index in [1.54, 1.807) is 24.3 Å². The SMILES string of the molecule is CC(C)CN(C(=O)Cn1c(=O)oc2ccccc21)c1c(N)n(CC(C)C)c(=O)[nH]c1=O. The largest absolute Gasteiger partial charge is 0.420 e. The Bertz CT molecular complexity index is 1280. The molecule has 0 aliphatic heterocycles. The number of rotatable bonds is 7. The molecular weight excluding hydrogens is 402 g/mol. The molecule has 10 nitrogen and oxygen atoms in total. The van der Waals surface area contributed by atoms with E-state index in [-0.39, 0.29) is 43.0 Å². The molecule has 0 aliphatic rings. The summed E-state index contributed by atoms with van der Waals surface area (Å²) in [5.41, 5.74) is 5.56. The van der Waals surface area contributed by atoms with Crippen molar-refractivity contribution in [3.63, 3.8) is 0 Å². The number of nitrogen functional groups attached to an aromatic ring is 1. The highest BCUT2D eigenvalue weighted by molar-refractivity contribution is 5.96. The van der Waals surface area contributed by atoms with Crippen LogP contribution in [0.4, 0.5) is 11.5 Å². The van der Waals surface area contributed by atoms with E-state index in [1.807, 2.05) is 27.7 Å². The highest BCUT2D eigenvalue weighted by atomic mass is 16.4. The molecule has 1 amide bonds. The van der Waals surface area contributed by atoms with Crippen LogP contribution in [0.1, 0.15) is 27.7 Å². The number of carbonyl (C=O) groups is 1. The molecule has 0 saturated heterocycles. The lowest BCUT2D eigenvalue weighted by atomic mass is 10.2. The summed E-state index contributed by atoms with van der Waals surface area (Å²) in [7, 11) is 0. The van der Waals surface area contributed by atoms with Gasteiger partial charge in [0.2, 0.25) is 5.91 Å². The van der Waals surface area contributed by atoms with Crippen molar-refractivity contribution in [2.45, 2.75) is 40.8 Å². The van der Waals surface area contributed by atoms with E-state index < -0.39 is 22.9 Å². The number of hydrogen-bond acceptors (Lipinski definition) is 6. The van der Waals surface area contributed by atoms with E-state index in [2.05, 4.69) is 4.98 Å². The van der Waals surface area contributed by atoms with Crippen LogP contribution in [0.5, 0.6) is 0 Å².